The summed E-state index contributed by atoms with van der Waals surface area (Å²) in [4.78, 5) is 0. The highest BCUT2D eigenvalue weighted by Gasteiger charge is 2.58. The van der Waals surface area contributed by atoms with Crippen LogP contribution in [0.3, 0.4) is 0 Å². The van der Waals surface area contributed by atoms with Crippen LogP contribution in [0.2, 0.25) is 0 Å². The van der Waals surface area contributed by atoms with Crippen LogP contribution in [0.15, 0.2) is 24.3 Å². The Morgan fingerprint density at radius 1 is 0.197 bits per heavy atom. The molecule has 0 aliphatic carbocycles. The number of rotatable bonds is 8. The van der Waals surface area contributed by atoms with E-state index < -0.39 is 191 Å². The van der Waals surface area contributed by atoms with Gasteiger partial charge in [-0.3, -0.25) is 0 Å². The van der Waals surface area contributed by atoms with E-state index in [1.54, 1.807) is 0 Å². The first-order chi connectivity index (χ1) is 28.0. The molecule has 0 nitrogen and oxygen atoms in total. The highest BCUT2D eigenvalue weighted by atomic mass is 19.3. The van der Waals surface area contributed by atoms with Crippen LogP contribution in [0.4, 0.5) is 123 Å². The van der Waals surface area contributed by atoms with Crippen molar-refractivity contribution < 1.29 is 123 Å². The largest absolute Gasteiger partial charge is 0.306 e. The molecule has 0 aromatic heterocycles. The normalized spacial score (nSPS) is 11.6. The molecular formula is C33F28. The van der Waals surface area contributed by atoms with E-state index in [1.807, 2.05) is 0 Å². The van der Waals surface area contributed by atoms with Crippen molar-refractivity contribution in [3.63, 3.8) is 0 Å². The lowest BCUT2D eigenvalue weighted by Crippen LogP contribution is -2.42. The molecule has 0 atom stereocenters. The Kier molecular flexibility index (Phi) is 12.8. The van der Waals surface area contributed by atoms with Gasteiger partial charge in [-0.2, -0.15) is 35.1 Å². The SMILES string of the molecule is FC(F)=C(F)c1c(F)c(F)c(C(c2c(F)c(F)c(C(F)=C(F)F)c(F)c2F)(c2c(F)c(F)c(C(F)=C(F)F)c(F)c2F)c2c(F)c(F)c(C(F)=C(F)F)c(F)c2F)c(F)c1F. The molecule has 4 aromatic rings. The molecule has 28 heteroatoms. The molecule has 0 radical (unpaired) electrons. The van der Waals surface area contributed by atoms with Crippen LogP contribution in [-0.2, 0) is 5.41 Å². The molecule has 0 spiro atoms. The lowest BCUT2D eigenvalue weighted by Gasteiger charge is -2.38. The third-order valence-corrected chi connectivity index (χ3v) is 8.10. The first-order valence-electron chi connectivity index (χ1n) is 14.3. The Morgan fingerprint density at radius 2 is 0.311 bits per heavy atom. The summed E-state index contributed by atoms with van der Waals surface area (Å²) >= 11 is 0. The van der Waals surface area contributed by atoms with Gasteiger partial charge in [0.05, 0.1) is 27.7 Å². The summed E-state index contributed by atoms with van der Waals surface area (Å²) in [6, 6.07) is 0. The molecule has 0 fully saturated rings. The van der Waals surface area contributed by atoms with Crippen LogP contribution in [0.25, 0.3) is 23.3 Å². The molecule has 61 heavy (non-hydrogen) atoms. The average molecular weight is 928 g/mol. The van der Waals surface area contributed by atoms with Crippen molar-refractivity contribution in [2.24, 2.45) is 0 Å². The zero-order chi connectivity index (χ0) is 47.0. The maximum absolute atomic E-state index is 16.2. The predicted octanol–water partition coefficient (Wildman–Crippen LogP) is 14.4. The highest BCUT2D eigenvalue weighted by molar-refractivity contribution is 5.72. The fourth-order valence-electron chi connectivity index (χ4n) is 5.74. The van der Waals surface area contributed by atoms with Gasteiger partial charge in [0.1, 0.15) is 0 Å². The standard InChI is InChI=1S/C33F28/c34-9-1(17(42)29(54)55)10(35)22(47)5(21(9)46)33(6-23(48)11(36)2(12(37)24(6)49)18(43)30(56)57,7-25(50)13(38)3(14(39)26(7)51)19(44)31(58)59)8-27(52)15(40)4(16(41)28(8)53)20(45)32(60)61. The first-order valence-corrected chi connectivity index (χ1v) is 14.3. The van der Waals surface area contributed by atoms with Gasteiger partial charge in [0.15, 0.2) is 93.1 Å². The Bertz CT molecular complexity index is 2220. The van der Waals surface area contributed by atoms with Crippen LogP contribution in [0.5, 0.6) is 0 Å². The van der Waals surface area contributed by atoms with Crippen LogP contribution >= 0.6 is 0 Å². The Balaban J connectivity index is 2.78. The van der Waals surface area contributed by atoms with Crippen molar-refractivity contribution in [2.75, 3.05) is 0 Å². The molecule has 4 rings (SSSR count). The third-order valence-electron chi connectivity index (χ3n) is 8.10. The monoisotopic (exact) mass is 928 g/mol. The van der Waals surface area contributed by atoms with Crippen LogP contribution in [0, 0.1) is 93.1 Å². The van der Waals surface area contributed by atoms with Gasteiger partial charge in [-0.05, 0) is 0 Å². The van der Waals surface area contributed by atoms with Gasteiger partial charge in [0, 0.05) is 22.3 Å². The summed E-state index contributed by atoms with van der Waals surface area (Å²) in [6.45, 7) is 0. The topological polar surface area (TPSA) is 0 Å². The second-order valence-electron chi connectivity index (χ2n) is 11.1. The quantitative estimate of drug-likeness (QED) is 0.0938. The molecule has 4 aromatic carbocycles. The van der Waals surface area contributed by atoms with E-state index in [1.165, 1.54) is 0 Å². The van der Waals surface area contributed by atoms with E-state index in [0.29, 0.717) is 0 Å². The van der Waals surface area contributed by atoms with E-state index in [0.717, 1.165) is 0 Å². The average Bonchev–Trinajstić information content (AvgIpc) is 3.17. The fraction of sp³-hybridized carbons (Fsp3) is 0.0303. The lowest BCUT2D eigenvalue weighted by atomic mass is 9.62. The number of hydrogen-bond donors (Lipinski definition) is 0. The van der Waals surface area contributed by atoms with E-state index in [4.69, 9.17) is 0 Å². The van der Waals surface area contributed by atoms with Crippen molar-refractivity contribution in [3.8, 4) is 0 Å². The summed E-state index contributed by atoms with van der Waals surface area (Å²) in [5.41, 5.74) is -37.6. The minimum Gasteiger partial charge on any atom is -0.203 e. The maximum Gasteiger partial charge on any atom is 0.306 e. The highest BCUT2D eigenvalue weighted by Crippen LogP contribution is 2.56. The maximum atomic E-state index is 16.2. The fourth-order valence-corrected chi connectivity index (χ4v) is 5.74. The van der Waals surface area contributed by atoms with Crippen molar-refractivity contribution in [1.82, 2.24) is 0 Å². The molecule has 0 amide bonds. The first kappa shape index (κ1) is 47.6. The molecule has 0 unspecified atom stereocenters. The van der Waals surface area contributed by atoms with Gasteiger partial charge >= 0.3 is 24.3 Å². The smallest absolute Gasteiger partial charge is 0.203 e. The zero-order valence-corrected chi connectivity index (χ0v) is 27.1. The summed E-state index contributed by atoms with van der Waals surface area (Å²) in [7, 11) is 0. The van der Waals surface area contributed by atoms with Crippen molar-refractivity contribution in [1.29, 1.82) is 0 Å². The number of hydrogen-bond acceptors (Lipinski definition) is 0. The van der Waals surface area contributed by atoms with E-state index in [2.05, 4.69) is 0 Å². The van der Waals surface area contributed by atoms with Crippen LogP contribution < -0.4 is 0 Å². The second kappa shape index (κ2) is 16.4. The molecule has 0 heterocycles. The molecule has 0 saturated heterocycles. The Morgan fingerprint density at radius 3 is 0.410 bits per heavy atom. The van der Waals surface area contributed by atoms with Crippen molar-refractivity contribution >= 4 is 23.3 Å². The van der Waals surface area contributed by atoms with Crippen molar-refractivity contribution in [2.45, 2.75) is 5.41 Å². The molecule has 0 aliphatic heterocycles. The summed E-state index contributed by atoms with van der Waals surface area (Å²) in [5, 5.41) is 0. The Hall–Kier alpha value is -6.12. The minimum absolute atomic E-state index is 3.49. The molecule has 328 valence electrons. The van der Waals surface area contributed by atoms with Crippen LogP contribution in [0.1, 0.15) is 44.5 Å². The third kappa shape index (κ3) is 6.81. The minimum atomic E-state index is -6.82. The molecular weight excluding hydrogens is 928 g/mol. The Labute approximate surface area is 314 Å². The summed E-state index contributed by atoms with van der Waals surface area (Å²) in [6.07, 6.45) is -16.2. The van der Waals surface area contributed by atoms with Gasteiger partial charge in [-0.25, -0.2) is 87.8 Å². The van der Waals surface area contributed by atoms with Gasteiger partial charge in [-0.1, -0.05) is 0 Å². The number of halogens is 28. The van der Waals surface area contributed by atoms with Crippen LogP contribution in [-0.4, -0.2) is 0 Å². The van der Waals surface area contributed by atoms with E-state index >= 15 is 70.2 Å². The predicted molar refractivity (Wildman–Crippen MR) is 145 cm³/mol. The number of benzene rings is 4. The molecule has 0 aliphatic rings. The van der Waals surface area contributed by atoms with E-state index in [9.17, 15) is 52.7 Å². The second-order valence-corrected chi connectivity index (χ2v) is 11.1. The van der Waals surface area contributed by atoms with Gasteiger partial charge in [0.25, 0.3) is 0 Å². The summed E-state index contributed by atoms with van der Waals surface area (Å²) in [5.74, 6) is -81.6. The zero-order valence-electron chi connectivity index (χ0n) is 27.1. The van der Waals surface area contributed by atoms with Crippen molar-refractivity contribution in [3.05, 3.63) is 162 Å². The summed E-state index contributed by atoms with van der Waals surface area (Å²) < 4.78 is 414. The lowest BCUT2D eigenvalue weighted by molar-refractivity contribution is 0.349. The molecule has 0 saturated carbocycles. The molecule has 0 bridgehead atoms. The van der Waals surface area contributed by atoms with Gasteiger partial charge in [-0.15, -0.1) is 0 Å². The van der Waals surface area contributed by atoms with Gasteiger partial charge in [0.2, 0.25) is 23.3 Å². The molecule has 0 N–H and O–H groups in total. The van der Waals surface area contributed by atoms with Gasteiger partial charge < -0.3 is 0 Å². The van der Waals surface area contributed by atoms with E-state index in [-0.39, 0.29) is 0 Å².